The van der Waals surface area contributed by atoms with E-state index in [1.165, 1.54) is 12.1 Å². The molecule has 150 valence electrons. The Bertz CT molecular complexity index is 1160. The first kappa shape index (κ1) is 19.7. The topological polar surface area (TPSA) is 119 Å². The standard InChI is InChI=1S/C22H16ClN3O4/c23-15-3-1-2-13(8-15)14-9-18(27)21-19(10-14)30-22(25)17(11-24)20(21)12-4-6-16(7-5-12)26(28)29/h1-8,14,20H,9-10,25H2/t14-,20-/m0/s1. The number of nitro benzene ring substituents is 1. The Morgan fingerprint density at radius 1 is 1.17 bits per heavy atom. The van der Waals surface area contributed by atoms with E-state index in [2.05, 4.69) is 0 Å². The maximum absolute atomic E-state index is 13.2. The van der Waals surface area contributed by atoms with Gasteiger partial charge < -0.3 is 10.5 Å². The van der Waals surface area contributed by atoms with Crippen LogP contribution in [0.25, 0.3) is 0 Å². The van der Waals surface area contributed by atoms with E-state index >= 15 is 0 Å². The molecule has 2 atom stereocenters. The van der Waals surface area contributed by atoms with E-state index in [0.29, 0.717) is 28.3 Å². The number of halogens is 1. The molecule has 4 rings (SSSR count). The fourth-order valence-corrected chi connectivity index (χ4v) is 4.22. The highest BCUT2D eigenvalue weighted by molar-refractivity contribution is 6.30. The van der Waals surface area contributed by atoms with Gasteiger partial charge in [-0.1, -0.05) is 35.9 Å². The van der Waals surface area contributed by atoms with Gasteiger partial charge in [-0.3, -0.25) is 14.9 Å². The van der Waals surface area contributed by atoms with Crippen LogP contribution < -0.4 is 5.73 Å². The maximum Gasteiger partial charge on any atom is 0.269 e. The summed E-state index contributed by atoms with van der Waals surface area (Å²) < 4.78 is 5.71. The fraction of sp³-hybridized carbons (Fsp3) is 0.182. The number of non-ortho nitro benzene ring substituents is 1. The predicted molar refractivity (Wildman–Crippen MR) is 109 cm³/mol. The fourth-order valence-electron chi connectivity index (χ4n) is 4.03. The van der Waals surface area contributed by atoms with E-state index < -0.39 is 10.8 Å². The van der Waals surface area contributed by atoms with Gasteiger partial charge in [-0.2, -0.15) is 5.26 Å². The van der Waals surface area contributed by atoms with Crippen LogP contribution in [-0.2, 0) is 9.53 Å². The molecule has 0 unspecified atom stereocenters. The molecule has 0 fully saturated rings. The number of nitro groups is 1. The second-order valence-corrected chi connectivity index (χ2v) is 7.63. The van der Waals surface area contributed by atoms with Gasteiger partial charge in [0.25, 0.3) is 5.69 Å². The number of Topliss-reactive ketones (excluding diaryl/α,β-unsaturated/α-hetero) is 1. The average molecular weight is 422 g/mol. The zero-order valence-corrected chi connectivity index (χ0v) is 16.4. The van der Waals surface area contributed by atoms with Crippen molar-refractivity contribution in [3.05, 3.63) is 97.6 Å². The number of nitrogens with zero attached hydrogens (tertiary/aromatic N) is 2. The quantitative estimate of drug-likeness (QED) is 0.577. The SMILES string of the molecule is N#CC1=C(N)OC2=C(C(=O)C[C@H](c3cccc(Cl)c3)C2)[C@H]1c1ccc([N+](=O)[O-])cc1. The van der Waals surface area contributed by atoms with E-state index in [0.717, 1.165) is 5.56 Å². The number of hydrogen-bond acceptors (Lipinski definition) is 6. The van der Waals surface area contributed by atoms with Crippen molar-refractivity contribution in [1.82, 2.24) is 0 Å². The van der Waals surface area contributed by atoms with Crippen molar-refractivity contribution in [3.8, 4) is 6.07 Å². The Kier molecular flexibility index (Phi) is 5.02. The van der Waals surface area contributed by atoms with Gasteiger partial charge in [-0.15, -0.1) is 0 Å². The second kappa shape index (κ2) is 7.65. The summed E-state index contributed by atoms with van der Waals surface area (Å²) in [4.78, 5) is 23.6. The highest BCUT2D eigenvalue weighted by Gasteiger charge is 2.41. The Hall–Kier alpha value is -3.63. The first-order valence-electron chi connectivity index (χ1n) is 9.22. The molecule has 0 radical (unpaired) electrons. The minimum atomic E-state index is -0.715. The Morgan fingerprint density at radius 3 is 2.53 bits per heavy atom. The summed E-state index contributed by atoms with van der Waals surface area (Å²) in [6.45, 7) is 0. The van der Waals surface area contributed by atoms with Crippen LogP contribution >= 0.6 is 11.6 Å². The molecule has 2 aromatic carbocycles. The Labute approximate surface area is 177 Å². The number of nitrogens with two attached hydrogens (primary N) is 1. The van der Waals surface area contributed by atoms with Gasteiger partial charge in [0, 0.05) is 35.6 Å². The first-order chi connectivity index (χ1) is 14.4. The van der Waals surface area contributed by atoms with Crippen molar-refractivity contribution in [2.75, 3.05) is 0 Å². The van der Waals surface area contributed by atoms with Crippen molar-refractivity contribution in [2.45, 2.75) is 24.7 Å². The van der Waals surface area contributed by atoms with Crippen LogP contribution in [-0.4, -0.2) is 10.7 Å². The lowest BCUT2D eigenvalue weighted by atomic mass is 9.73. The van der Waals surface area contributed by atoms with Gasteiger partial charge in [0.1, 0.15) is 17.4 Å². The number of hydrogen-bond donors (Lipinski definition) is 1. The van der Waals surface area contributed by atoms with Gasteiger partial charge in [0.15, 0.2) is 5.78 Å². The summed E-state index contributed by atoms with van der Waals surface area (Å²) in [5, 5.41) is 21.2. The average Bonchev–Trinajstić information content (AvgIpc) is 2.72. The molecule has 1 heterocycles. The molecule has 0 aromatic heterocycles. The first-order valence-corrected chi connectivity index (χ1v) is 9.60. The van der Waals surface area contributed by atoms with Crippen molar-refractivity contribution in [1.29, 1.82) is 5.26 Å². The molecule has 2 aliphatic rings. The molecular weight excluding hydrogens is 406 g/mol. The number of ketones is 1. The molecule has 0 amide bonds. The smallest absolute Gasteiger partial charge is 0.269 e. The zero-order valence-electron chi connectivity index (χ0n) is 15.7. The summed E-state index contributed by atoms with van der Waals surface area (Å²) in [6.07, 6.45) is 0.676. The molecular formula is C22H16ClN3O4. The van der Waals surface area contributed by atoms with Gasteiger partial charge in [0.05, 0.1) is 10.8 Å². The van der Waals surface area contributed by atoms with Gasteiger partial charge in [-0.05, 0) is 29.2 Å². The third-order valence-electron chi connectivity index (χ3n) is 5.42. The van der Waals surface area contributed by atoms with Gasteiger partial charge in [-0.25, -0.2) is 0 Å². The molecule has 0 saturated heterocycles. The van der Waals surface area contributed by atoms with Crippen molar-refractivity contribution in [3.63, 3.8) is 0 Å². The van der Waals surface area contributed by atoms with E-state index in [4.69, 9.17) is 22.1 Å². The molecule has 1 aliphatic carbocycles. The maximum atomic E-state index is 13.2. The minimum Gasteiger partial charge on any atom is -0.444 e. The van der Waals surface area contributed by atoms with Crippen LogP contribution in [0.5, 0.6) is 0 Å². The van der Waals surface area contributed by atoms with Gasteiger partial charge >= 0.3 is 0 Å². The molecule has 2 aromatic rings. The predicted octanol–water partition coefficient (Wildman–Crippen LogP) is 4.46. The summed E-state index contributed by atoms with van der Waals surface area (Å²) >= 11 is 6.10. The summed E-state index contributed by atoms with van der Waals surface area (Å²) in [5.41, 5.74) is 7.94. The Balaban J connectivity index is 1.77. The monoisotopic (exact) mass is 421 g/mol. The van der Waals surface area contributed by atoms with Crippen LogP contribution in [0.1, 0.15) is 35.8 Å². The highest BCUT2D eigenvalue weighted by Crippen LogP contribution is 2.47. The Morgan fingerprint density at radius 2 is 1.90 bits per heavy atom. The third-order valence-corrected chi connectivity index (χ3v) is 5.65. The summed E-state index contributed by atoms with van der Waals surface area (Å²) in [7, 11) is 0. The molecule has 2 N–H and O–H groups in total. The number of carbonyl (C=O) groups excluding carboxylic acids is 1. The zero-order chi connectivity index (χ0) is 21.4. The molecule has 1 aliphatic heterocycles. The van der Waals surface area contributed by atoms with Crippen molar-refractivity contribution < 1.29 is 14.5 Å². The van der Waals surface area contributed by atoms with Gasteiger partial charge in [0.2, 0.25) is 5.88 Å². The molecule has 0 saturated carbocycles. The van der Waals surface area contributed by atoms with E-state index in [1.54, 1.807) is 18.2 Å². The lowest BCUT2D eigenvalue weighted by molar-refractivity contribution is -0.384. The third kappa shape index (κ3) is 3.42. The van der Waals surface area contributed by atoms with Crippen LogP contribution in [0, 0.1) is 21.4 Å². The molecule has 30 heavy (non-hydrogen) atoms. The number of rotatable bonds is 3. The number of benzene rings is 2. The van der Waals surface area contributed by atoms with Crippen LogP contribution in [0.3, 0.4) is 0 Å². The van der Waals surface area contributed by atoms with E-state index in [9.17, 15) is 20.2 Å². The van der Waals surface area contributed by atoms with Crippen LogP contribution in [0.15, 0.2) is 71.3 Å². The highest BCUT2D eigenvalue weighted by atomic mass is 35.5. The number of nitriles is 1. The lowest BCUT2D eigenvalue weighted by Crippen LogP contribution is -2.29. The minimum absolute atomic E-state index is 0.0563. The largest absolute Gasteiger partial charge is 0.444 e. The molecule has 0 spiro atoms. The summed E-state index contributed by atoms with van der Waals surface area (Å²) in [5.74, 6) is -0.615. The summed E-state index contributed by atoms with van der Waals surface area (Å²) in [6, 6.07) is 15.1. The normalized spacial score (nSPS) is 21.0. The molecule has 7 nitrogen and oxygen atoms in total. The number of allylic oxidation sites excluding steroid dienone is 3. The van der Waals surface area contributed by atoms with Crippen LogP contribution in [0.2, 0.25) is 5.02 Å². The lowest BCUT2D eigenvalue weighted by Gasteiger charge is -2.34. The van der Waals surface area contributed by atoms with Crippen LogP contribution in [0.4, 0.5) is 5.69 Å². The molecule has 8 heteroatoms. The van der Waals surface area contributed by atoms with E-state index in [1.807, 2.05) is 24.3 Å². The second-order valence-electron chi connectivity index (χ2n) is 7.19. The van der Waals surface area contributed by atoms with Crippen molar-refractivity contribution in [2.24, 2.45) is 5.73 Å². The molecule has 0 bridgehead atoms. The number of ether oxygens (including phenoxy) is 1. The van der Waals surface area contributed by atoms with Crippen molar-refractivity contribution >= 4 is 23.1 Å². The van der Waals surface area contributed by atoms with E-state index in [-0.39, 0.29) is 35.3 Å². The number of carbonyl (C=O) groups is 1.